The Bertz CT molecular complexity index is 941. The zero-order valence-electron chi connectivity index (χ0n) is 16.2. The molecule has 0 radical (unpaired) electrons. The summed E-state index contributed by atoms with van der Waals surface area (Å²) in [6.45, 7) is 3.40. The Hall–Kier alpha value is -2.96. The van der Waals surface area contributed by atoms with Crippen LogP contribution in [-0.2, 0) is 0 Å². The van der Waals surface area contributed by atoms with E-state index in [0.29, 0.717) is 37.4 Å². The van der Waals surface area contributed by atoms with Crippen LogP contribution in [0.25, 0.3) is 0 Å². The lowest BCUT2D eigenvalue weighted by molar-refractivity contribution is 0.101. The number of piperazine rings is 1. The van der Waals surface area contributed by atoms with Crippen LogP contribution >= 0.6 is 0 Å². The second kappa shape index (κ2) is 7.81. The van der Waals surface area contributed by atoms with Crippen molar-refractivity contribution in [2.24, 2.45) is 0 Å². The first kappa shape index (κ1) is 19.4. The molecule has 1 aliphatic carbocycles. The molecule has 7 heteroatoms. The van der Waals surface area contributed by atoms with Crippen LogP contribution in [0, 0.1) is 11.6 Å². The van der Waals surface area contributed by atoms with E-state index in [1.165, 1.54) is 25.1 Å². The molecule has 2 amide bonds. The number of rotatable bonds is 4. The summed E-state index contributed by atoms with van der Waals surface area (Å²) in [5, 5.41) is 3.01. The van der Waals surface area contributed by atoms with Crippen LogP contribution in [0.4, 0.5) is 19.3 Å². The smallest absolute Gasteiger partial charge is 0.317 e. The van der Waals surface area contributed by atoms with Crippen molar-refractivity contribution < 1.29 is 18.4 Å². The second-order valence-corrected chi connectivity index (χ2v) is 7.65. The molecule has 152 valence electrons. The topological polar surface area (TPSA) is 52.7 Å². The van der Waals surface area contributed by atoms with Gasteiger partial charge in [0.2, 0.25) is 0 Å². The van der Waals surface area contributed by atoms with Crippen molar-refractivity contribution in [1.29, 1.82) is 0 Å². The summed E-state index contributed by atoms with van der Waals surface area (Å²) in [7, 11) is 0. The minimum absolute atomic E-state index is 0.0268. The van der Waals surface area contributed by atoms with E-state index in [2.05, 4.69) is 5.32 Å². The Morgan fingerprint density at radius 2 is 1.79 bits per heavy atom. The lowest BCUT2D eigenvalue weighted by Gasteiger charge is -2.36. The molecule has 0 aromatic heterocycles. The fraction of sp³-hybridized carbons (Fsp3) is 0.364. The quantitative estimate of drug-likeness (QED) is 0.800. The fourth-order valence-corrected chi connectivity index (χ4v) is 3.84. The van der Waals surface area contributed by atoms with Gasteiger partial charge in [0.05, 0.1) is 5.69 Å². The van der Waals surface area contributed by atoms with Gasteiger partial charge in [-0.1, -0.05) is 12.1 Å². The number of anilines is 1. The van der Waals surface area contributed by atoms with Gasteiger partial charge in [0.25, 0.3) is 0 Å². The third-order valence-electron chi connectivity index (χ3n) is 5.64. The molecule has 0 spiro atoms. The van der Waals surface area contributed by atoms with Gasteiger partial charge in [-0.25, -0.2) is 13.6 Å². The zero-order chi connectivity index (χ0) is 20.5. The van der Waals surface area contributed by atoms with E-state index in [1.807, 2.05) is 11.0 Å². The molecule has 1 aliphatic heterocycles. The molecule has 1 N–H and O–H groups in total. The van der Waals surface area contributed by atoms with Crippen molar-refractivity contribution in [1.82, 2.24) is 10.2 Å². The van der Waals surface area contributed by atoms with Gasteiger partial charge in [0.15, 0.2) is 5.78 Å². The van der Waals surface area contributed by atoms with Crippen LogP contribution in [0.1, 0.15) is 35.2 Å². The first-order valence-electron chi connectivity index (χ1n) is 9.78. The number of benzene rings is 2. The molecule has 1 saturated heterocycles. The van der Waals surface area contributed by atoms with Crippen LogP contribution in [-0.4, -0.2) is 48.9 Å². The monoisotopic (exact) mass is 399 g/mol. The Kier molecular flexibility index (Phi) is 5.22. The highest BCUT2D eigenvalue weighted by Crippen LogP contribution is 2.41. The second-order valence-electron chi connectivity index (χ2n) is 7.65. The van der Waals surface area contributed by atoms with Crippen LogP contribution in [0.3, 0.4) is 0 Å². The van der Waals surface area contributed by atoms with E-state index in [-0.39, 0.29) is 29.6 Å². The van der Waals surface area contributed by atoms with Gasteiger partial charge in [-0.05, 0) is 49.2 Å². The number of ketones is 1. The molecule has 2 fully saturated rings. The van der Waals surface area contributed by atoms with E-state index in [0.717, 1.165) is 12.0 Å². The highest BCUT2D eigenvalue weighted by atomic mass is 19.1. The number of carbonyl (C=O) groups is 2. The summed E-state index contributed by atoms with van der Waals surface area (Å²) in [5.41, 5.74) is 1.70. The minimum atomic E-state index is -0.425. The van der Waals surface area contributed by atoms with E-state index in [4.69, 9.17) is 0 Å². The van der Waals surface area contributed by atoms with Gasteiger partial charge in [-0.3, -0.25) is 4.79 Å². The molecule has 2 unspecified atom stereocenters. The summed E-state index contributed by atoms with van der Waals surface area (Å²) in [4.78, 5) is 27.5. The fourth-order valence-electron chi connectivity index (χ4n) is 3.84. The summed E-state index contributed by atoms with van der Waals surface area (Å²) in [5.74, 6) is -0.705. The maximum atomic E-state index is 14.4. The molecule has 0 bridgehead atoms. The number of Topliss-reactive ketones (excluding diaryl/α,β-unsaturated/α-hetero) is 1. The SMILES string of the molecule is CC(=O)c1ccc(N2CCN(C(=O)NC3CC3c3cccc(F)c3)CC2)c(F)c1. The van der Waals surface area contributed by atoms with Crippen LogP contribution in [0.15, 0.2) is 42.5 Å². The Balaban J connectivity index is 1.30. The van der Waals surface area contributed by atoms with Crippen molar-refractivity contribution in [3.05, 3.63) is 65.2 Å². The maximum absolute atomic E-state index is 14.4. The van der Waals surface area contributed by atoms with Gasteiger partial charge in [-0.15, -0.1) is 0 Å². The van der Waals surface area contributed by atoms with Gasteiger partial charge in [0, 0.05) is 43.7 Å². The number of amides is 2. The number of hydrogen-bond acceptors (Lipinski definition) is 3. The standard InChI is InChI=1S/C22H23F2N3O2/c1-14(28)15-5-6-21(19(24)12-15)26-7-9-27(10-8-26)22(29)25-20-13-18(20)16-3-2-4-17(23)11-16/h2-6,11-12,18,20H,7-10,13H2,1H3,(H,25,29). The van der Waals surface area contributed by atoms with E-state index in [1.54, 1.807) is 23.1 Å². The number of carbonyl (C=O) groups excluding carboxylic acids is 2. The maximum Gasteiger partial charge on any atom is 0.317 e. The molecule has 5 nitrogen and oxygen atoms in total. The molecule has 2 aliphatic rings. The summed E-state index contributed by atoms with van der Waals surface area (Å²) in [6.07, 6.45) is 0.808. The number of halogens is 2. The number of nitrogens with one attached hydrogen (secondary N) is 1. The van der Waals surface area contributed by atoms with Crippen molar-refractivity contribution >= 4 is 17.5 Å². The van der Waals surface area contributed by atoms with Gasteiger partial charge < -0.3 is 15.1 Å². The van der Waals surface area contributed by atoms with Crippen LogP contribution in [0.2, 0.25) is 0 Å². The van der Waals surface area contributed by atoms with Crippen molar-refractivity contribution in [3.8, 4) is 0 Å². The Morgan fingerprint density at radius 3 is 2.45 bits per heavy atom. The predicted molar refractivity (Wildman–Crippen MR) is 106 cm³/mol. The van der Waals surface area contributed by atoms with Gasteiger partial charge >= 0.3 is 6.03 Å². The van der Waals surface area contributed by atoms with Crippen molar-refractivity contribution in [2.45, 2.75) is 25.3 Å². The molecule has 29 heavy (non-hydrogen) atoms. The van der Waals surface area contributed by atoms with Gasteiger partial charge in [-0.2, -0.15) is 0 Å². The summed E-state index contributed by atoms with van der Waals surface area (Å²) < 4.78 is 27.7. The summed E-state index contributed by atoms with van der Waals surface area (Å²) in [6, 6.07) is 10.9. The largest absolute Gasteiger partial charge is 0.366 e. The number of nitrogens with zero attached hydrogens (tertiary/aromatic N) is 2. The molecular weight excluding hydrogens is 376 g/mol. The molecule has 2 aromatic carbocycles. The van der Waals surface area contributed by atoms with Crippen molar-refractivity contribution in [3.63, 3.8) is 0 Å². The zero-order valence-corrected chi connectivity index (χ0v) is 16.2. The summed E-state index contributed by atoms with van der Waals surface area (Å²) >= 11 is 0. The lowest BCUT2D eigenvalue weighted by Crippen LogP contribution is -2.52. The molecular formula is C22H23F2N3O2. The molecule has 1 heterocycles. The van der Waals surface area contributed by atoms with E-state index >= 15 is 0 Å². The first-order chi connectivity index (χ1) is 13.9. The third-order valence-corrected chi connectivity index (χ3v) is 5.64. The highest BCUT2D eigenvalue weighted by Gasteiger charge is 2.40. The minimum Gasteiger partial charge on any atom is -0.366 e. The number of hydrogen-bond donors (Lipinski definition) is 1. The highest BCUT2D eigenvalue weighted by molar-refractivity contribution is 5.94. The normalized spacial score (nSPS) is 21.1. The van der Waals surface area contributed by atoms with Crippen molar-refractivity contribution in [2.75, 3.05) is 31.1 Å². The molecule has 1 saturated carbocycles. The molecule has 4 rings (SSSR count). The van der Waals surface area contributed by atoms with Crippen LogP contribution in [0.5, 0.6) is 0 Å². The lowest BCUT2D eigenvalue weighted by atomic mass is 10.1. The first-order valence-corrected chi connectivity index (χ1v) is 9.78. The third kappa shape index (κ3) is 4.23. The van der Waals surface area contributed by atoms with Crippen LogP contribution < -0.4 is 10.2 Å². The predicted octanol–water partition coefficient (Wildman–Crippen LogP) is 3.56. The molecule has 2 aromatic rings. The average molecular weight is 399 g/mol. The van der Waals surface area contributed by atoms with E-state index in [9.17, 15) is 18.4 Å². The Morgan fingerprint density at radius 1 is 1.03 bits per heavy atom. The van der Waals surface area contributed by atoms with E-state index < -0.39 is 5.82 Å². The Labute approximate surface area is 168 Å². The average Bonchev–Trinajstić information content (AvgIpc) is 3.47. The molecule has 2 atom stereocenters. The van der Waals surface area contributed by atoms with Gasteiger partial charge in [0.1, 0.15) is 11.6 Å². The number of urea groups is 1.